The van der Waals surface area contributed by atoms with Gasteiger partial charge in [0.15, 0.2) is 5.78 Å². The number of Topliss-reactive ketones (excluding diaryl/α,β-unsaturated/α-hetero) is 1. The highest BCUT2D eigenvalue weighted by Gasteiger charge is 2.38. The zero-order valence-corrected chi connectivity index (χ0v) is 19.9. The Labute approximate surface area is 198 Å². The van der Waals surface area contributed by atoms with Gasteiger partial charge in [0.1, 0.15) is 5.82 Å². The number of halogens is 1. The van der Waals surface area contributed by atoms with Crippen molar-refractivity contribution in [2.45, 2.75) is 43.8 Å². The number of hydrogen-bond donors (Lipinski definition) is 3. The molecule has 3 rings (SSSR count). The molecule has 10 nitrogen and oxygen atoms in total. The van der Waals surface area contributed by atoms with Gasteiger partial charge < -0.3 is 25.8 Å². The predicted molar refractivity (Wildman–Crippen MR) is 124 cm³/mol. The number of nitrogens with zero attached hydrogens (tertiary/aromatic N) is 3. The molecule has 4 atom stereocenters. The number of carbonyl (C=O) groups excluding carboxylic acids is 4. The molecule has 0 bridgehead atoms. The molecule has 0 spiro atoms. The Balaban J connectivity index is 1.68. The van der Waals surface area contributed by atoms with E-state index in [1.165, 1.54) is 12.3 Å². The molecule has 0 aromatic carbocycles. The molecule has 3 amide bonds. The molecule has 33 heavy (non-hydrogen) atoms. The van der Waals surface area contributed by atoms with Gasteiger partial charge in [0.25, 0.3) is 0 Å². The van der Waals surface area contributed by atoms with E-state index in [-0.39, 0.29) is 35.5 Å². The molecule has 3 N–H and O–H groups in total. The van der Waals surface area contributed by atoms with Crippen LogP contribution in [0, 0.1) is 5.92 Å². The summed E-state index contributed by atoms with van der Waals surface area (Å²) in [4.78, 5) is 57.6. The van der Waals surface area contributed by atoms with Crippen LogP contribution in [0.4, 0.5) is 5.82 Å². The lowest BCUT2D eigenvalue weighted by molar-refractivity contribution is -0.137. The molecule has 1 aliphatic carbocycles. The largest absolute Gasteiger partial charge is 0.349 e. The number of nitrogens with one attached hydrogen (secondary N) is 3. The molecule has 0 radical (unpaired) electrons. The standard InChI is InChI=1S/C22H31ClN6O4/c1-28(2)22(33)13-4-6-15(16(10-13)25-17-12-29(3)9-8-18(17)30)26-20(31)21(32)27-19-7-5-14(23)11-24-19/h5,7,11,13,15-17,25H,4,6,8-10,12H2,1-3H3,(H,26,31)(H,24,27,32)/t13-,15-,16+,17?/m0/s1. The minimum atomic E-state index is -0.844. The highest BCUT2D eigenvalue weighted by atomic mass is 35.5. The normalized spacial score (nSPS) is 25.9. The molecule has 1 aliphatic heterocycles. The van der Waals surface area contributed by atoms with Crippen LogP contribution in [-0.2, 0) is 19.2 Å². The second kappa shape index (κ2) is 11.0. The lowest BCUT2D eigenvalue weighted by Gasteiger charge is -2.40. The smallest absolute Gasteiger partial charge is 0.314 e. The van der Waals surface area contributed by atoms with Crippen LogP contribution < -0.4 is 16.0 Å². The van der Waals surface area contributed by atoms with Gasteiger partial charge in [-0.3, -0.25) is 19.2 Å². The van der Waals surface area contributed by atoms with Crippen LogP contribution in [0.2, 0.25) is 5.02 Å². The Morgan fingerprint density at radius 1 is 1.15 bits per heavy atom. The van der Waals surface area contributed by atoms with Crippen molar-refractivity contribution in [1.82, 2.24) is 25.4 Å². The summed E-state index contributed by atoms with van der Waals surface area (Å²) in [6.07, 6.45) is 3.39. The summed E-state index contributed by atoms with van der Waals surface area (Å²) in [5, 5.41) is 9.03. The van der Waals surface area contributed by atoms with Crippen LogP contribution in [0.15, 0.2) is 18.3 Å². The monoisotopic (exact) mass is 478 g/mol. The van der Waals surface area contributed by atoms with Crippen LogP contribution in [0.25, 0.3) is 0 Å². The van der Waals surface area contributed by atoms with Gasteiger partial charge in [-0.1, -0.05) is 11.6 Å². The molecule has 1 saturated carbocycles. The average molecular weight is 479 g/mol. The molecule has 11 heteroatoms. The molecule has 2 fully saturated rings. The maximum absolute atomic E-state index is 12.6. The first-order valence-corrected chi connectivity index (χ1v) is 11.4. The topological polar surface area (TPSA) is 124 Å². The van der Waals surface area contributed by atoms with Crippen LogP contribution in [0.1, 0.15) is 25.7 Å². The average Bonchev–Trinajstić information content (AvgIpc) is 2.78. The maximum Gasteiger partial charge on any atom is 0.314 e. The zero-order chi connectivity index (χ0) is 24.1. The van der Waals surface area contributed by atoms with Crippen molar-refractivity contribution in [1.29, 1.82) is 0 Å². The van der Waals surface area contributed by atoms with E-state index >= 15 is 0 Å². The first-order chi connectivity index (χ1) is 15.6. The highest BCUT2D eigenvalue weighted by molar-refractivity contribution is 6.39. The molecule has 1 aromatic heterocycles. The van der Waals surface area contributed by atoms with E-state index in [4.69, 9.17) is 11.6 Å². The molecular formula is C22H31ClN6O4. The highest BCUT2D eigenvalue weighted by Crippen LogP contribution is 2.27. The number of likely N-dealkylation sites (tertiary alicyclic amines) is 1. The minimum Gasteiger partial charge on any atom is -0.349 e. The number of likely N-dealkylation sites (N-methyl/N-ethyl adjacent to an activating group) is 1. The molecule has 1 saturated heterocycles. The molecule has 1 unspecified atom stereocenters. The van der Waals surface area contributed by atoms with E-state index < -0.39 is 17.9 Å². The van der Waals surface area contributed by atoms with E-state index in [1.807, 2.05) is 7.05 Å². The third-order valence-corrected chi connectivity index (χ3v) is 6.39. The van der Waals surface area contributed by atoms with Gasteiger partial charge in [0, 0.05) is 57.8 Å². The number of carbonyl (C=O) groups is 4. The number of anilines is 1. The fourth-order valence-electron chi connectivity index (χ4n) is 4.36. The quantitative estimate of drug-likeness (QED) is 0.519. The minimum absolute atomic E-state index is 0.0187. The van der Waals surface area contributed by atoms with Gasteiger partial charge in [0.2, 0.25) is 5.91 Å². The second-order valence-electron chi connectivity index (χ2n) is 8.94. The number of piperidine rings is 1. The SMILES string of the molecule is CN1CCC(=O)C(N[C@@H]2C[C@@H](C(=O)N(C)C)CC[C@@H]2NC(=O)C(=O)Nc2ccc(Cl)cn2)C1. The first kappa shape index (κ1) is 25.1. The van der Waals surface area contributed by atoms with Gasteiger partial charge in [-0.25, -0.2) is 4.98 Å². The van der Waals surface area contributed by atoms with Crippen molar-refractivity contribution in [2.24, 2.45) is 5.92 Å². The Bertz CT molecular complexity index is 893. The summed E-state index contributed by atoms with van der Waals surface area (Å²) in [6.45, 7) is 1.27. The molecule has 2 heterocycles. The number of amides is 3. The van der Waals surface area contributed by atoms with Crippen molar-refractivity contribution in [3.8, 4) is 0 Å². The van der Waals surface area contributed by atoms with Crippen LogP contribution in [-0.4, -0.2) is 90.6 Å². The fraction of sp³-hybridized carbons (Fsp3) is 0.591. The summed E-state index contributed by atoms with van der Waals surface area (Å²) >= 11 is 5.79. The van der Waals surface area contributed by atoms with E-state index in [0.717, 1.165) is 0 Å². The number of hydrogen-bond acceptors (Lipinski definition) is 7. The van der Waals surface area contributed by atoms with E-state index in [1.54, 1.807) is 25.1 Å². The Kier molecular flexibility index (Phi) is 8.39. The van der Waals surface area contributed by atoms with Crippen molar-refractivity contribution < 1.29 is 19.2 Å². The Hall–Kier alpha value is -2.56. The molecule has 180 valence electrons. The van der Waals surface area contributed by atoms with Crippen molar-refractivity contribution >= 4 is 40.9 Å². The van der Waals surface area contributed by atoms with Gasteiger partial charge >= 0.3 is 11.8 Å². The Morgan fingerprint density at radius 2 is 1.91 bits per heavy atom. The summed E-state index contributed by atoms with van der Waals surface area (Å²) in [7, 11) is 5.38. The van der Waals surface area contributed by atoms with E-state index in [0.29, 0.717) is 43.8 Å². The van der Waals surface area contributed by atoms with Gasteiger partial charge in [0.05, 0.1) is 11.1 Å². The van der Waals surface area contributed by atoms with Crippen molar-refractivity contribution in [3.63, 3.8) is 0 Å². The molecule has 1 aromatic rings. The maximum atomic E-state index is 12.6. The number of aromatic nitrogens is 1. The second-order valence-corrected chi connectivity index (χ2v) is 9.38. The van der Waals surface area contributed by atoms with Crippen LogP contribution >= 0.6 is 11.6 Å². The van der Waals surface area contributed by atoms with Gasteiger partial charge in [-0.05, 0) is 38.4 Å². The summed E-state index contributed by atoms with van der Waals surface area (Å²) in [6, 6.07) is 1.96. The lowest BCUT2D eigenvalue weighted by Crippen LogP contribution is -2.61. The number of ketones is 1. The molecule has 2 aliphatic rings. The van der Waals surface area contributed by atoms with Crippen LogP contribution in [0.5, 0.6) is 0 Å². The predicted octanol–water partition coefficient (Wildman–Crippen LogP) is 0.278. The van der Waals surface area contributed by atoms with Gasteiger partial charge in [-0.2, -0.15) is 0 Å². The summed E-state index contributed by atoms with van der Waals surface area (Å²) in [5.74, 6) is -1.51. The van der Waals surface area contributed by atoms with Crippen LogP contribution in [0.3, 0.4) is 0 Å². The third-order valence-electron chi connectivity index (χ3n) is 6.17. The van der Waals surface area contributed by atoms with E-state index in [2.05, 4.69) is 25.8 Å². The zero-order valence-electron chi connectivity index (χ0n) is 19.1. The summed E-state index contributed by atoms with van der Waals surface area (Å²) < 4.78 is 0. The lowest BCUT2D eigenvalue weighted by atomic mass is 9.80. The number of pyridine rings is 1. The molecular weight excluding hydrogens is 448 g/mol. The third kappa shape index (κ3) is 6.72. The van der Waals surface area contributed by atoms with Crippen molar-refractivity contribution in [3.05, 3.63) is 23.4 Å². The number of rotatable bonds is 5. The fourth-order valence-corrected chi connectivity index (χ4v) is 4.47. The summed E-state index contributed by atoms with van der Waals surface area (Å²) in [5.41, 5.74) is 0. The van der Waals surface area contributed by atoms with Gasteiger partial charge in [-0.15, -0.1) is 0 Å². The Morgan fingerprint density at radius 3 is 2.58 bits per heavy atom. The van der Waals surface area contributed by atoms with E-state index in [9.17, 15) is 19.2 Å². The van der Waals surface area contributed by atoms with Crippen molar-refractivity contribution in [2.75, 3.05) is 39.5 Å². The first-order valence-electron chi connectivity index (χ1n) is 11.1.